The fourth-order valence-electron chi connectivity index (χ4n) is 1.28. The molecule has 10 heteroatoms. The third-order valence-electron chi connectivity index (χ3n) is 2.13. The van der Waals surface area contributed by atoms with Crippen molar-refractivity contribution in [2.75, 3.05) is 17.6 Å². The molecule has 0 atom stereocenters. The van der Waals surface area contributed by atoms with Crippen LogP contribution in [0.5, 0.6) is 0 Å². The summed E-state index contributed by atoms with van der Waals surface area (Å²) in [5, 5.41) is 21.3. The lowest BCUT2D eigenvalue weighted by Crippen LogP contribution is -2.30. The maximum absolute atomic E-state index is 11.5. The summed E-state index contributed by atoms with van der Waals surface area (Å²) < 4.78 is 3.34. The zero-order valence-corrected chi connectivity index (χ0v) is 11.4. The molecule has 0 spiro atoms. The van der Waals surface area contributed by atoms with E-state index in [0.29, 0.717) is 18.1 Å². The largest absolute Gasteiger partial charge is 0.337 e. The van der Waals surface area contributed by atoms with Gasteiger partial charge in [0.2, 0.25) is 0 Å². The van der Waals surface area contributed by atoms with Crippen molar-refractivity contribution in [3.05, 3.63) is 12.5 Å². The molecule has 2 aromatic rings. The first-order chi connectivity index (χ1) is 9.15. The van der Waals surface area contributed by atoms with Crippen molar-refractivity contribution in [2.45, 2.75) is 5.16 Å². The lowest BCUT2D eigenvalue weighted by molar-refractivity contribution is 0.252. The van der Waals surface area contributed by atoms with Crippen LogP contribution in [0.4, 0.5) is 10.6 Å². The molecule has 2 amide bonds. The normalized spacial score (nSPS) is 10.4. The summed E-state index contributed by atoms with van der Waals surface area (Å²) in [6, 6.07) is -0.306. The van der Waals surface area contributed by atoms with Crippen LogP contribution in [0.3, 0.4) is 0 Å². The number of hydrogen-bond acceptors (Lipinski definition) is 6. The molecule has 0 fully saturated rings. The summed E-state index contributed by atoms with van der Waals surface area (Å²) >= 11 is 1.52. The number of rotatable bonds is 5. The fraction of sp³-hybridized carbons (Fsp3) is 0.444. The Hall–Kier alpha value is -2.10. The Balaban J connectivity index is 1.65. The summed E-state index contributed by atoms with van der Waals surface area (Å²) in [4.78, 5) is 11.5. The van der Waals surface area contributed by atoms with Crippen LogP contribution in [-0.4, -0.2) is 48.1 Å². The third-order valence-corrected chi connectivity index (χ3v) is 3.17. The molecule has 0 unspecified atom stereocenters. The predicted molar refractivity (Wildman–Crippen MR) is 69.8 cm³/mol. The molecule has 0 aromatic carbocycles. The first-order valence-corrected chi connectivity index (χ1v) is 6.51. The summed E-state index contributed by atoms with van der Waals surface area (Å²) in [7, 11) is 3.60. The van der Waals surface area contributed by atoms with E-state index in [0.717, 1.165) is 5.16 Å². The molecule has 2 N–H and O–H groups in total. The van der Waals surface area contributed by atoms with Crippen molar-refractivity contribution in [1.29, 1.82) is 0 Å². The standard InChI is InChI=1S/C9H14N8OS/c1-16-6-11-14-9(16)19-4-3-10-8(18)12-7-5-17(2)15-13-7/h5-6H,3-4H2,1-2H3,(H2,10,12,18). The highest BCUT2D eigenvalue weighted by molar-refractivity contribution is 7.99. The quantitative estimate of drug-likeness (QED) is 0.584. The van der Waals surface area contributed by atoms with Gasteiger partial charge in [0.05, 0.1) is 6.20 Å². The smallest absolute Gasteiger partial charge is 0.320 e. The summed E-state index contributed by atoms with van der Waals surface area (Å²) in [6.07, 6.45) is 3.25. The second kappa shape index (κ2) is 6.18. The minimum atomic E-state index is -0.306. The Kier molecular flexibility index (Phi) is 4.34. The molecular weight excluding hydrogens is 268 g/mol. The zero-order valence-electron chi connectivity index (χ0n) is 10.6. The second-order valence-electron chi connectivity index (χ2n) is 3.73. The monoisotopic (exact) mass is 282 g/mol. The minimum absolute atomic E-state index is 0.306. The van der Waals surface area contributed by atoms with E-state index in [1.54, 1.807) is 19.6 Å². The highest BCUT2D eigenvalue weighted by Gasteiger charge is 2.05. The minimum Gasteiger partial charge on any atom is -0.337 e. The van der Waals surface area contributed by atoms with Crippen LogP contribution < -0.4 is 10.6 Å². The van der Waals surface area contributed by atoms with Crippen molar-refractivity contribution in [2.24, 2.45) is 14.1 Å². The van der Waals surface area contributed by atoms with Crippen LogP contribution in [0.15, 0.2) is 17.7 Å². The van der Waals surface area contributed by atoms with Crippen molar-refractivity contribution in [3.8, 4) is 0 Å². The predicted octanol–water partition coefficient (Wildman–Crippen LogP) is -0.143. The average Bonchev–Trinajstić information content (AvgIpc) is 2.94. The van der Waals surface area contributed by atoms with E-state index >= 15 is 0 Å². The van der Waals surface area contributed by atoms with Gasteiger partial charge < -0.3 is 9.88 Å². The molecule has 0 saturated heterocycles. The maximum atomic E-state index is 11.5. The Bertz CT molecular complexity index is 550. The number of amides is 2. The van der Waals surface area contributed by atoms with E-state index in [4.69, 9.17) is 0 Å². The van der Waals surface area contributed by atoms with E-state index in [-0.39, 0.29) is 6.03 Å². The first kappa shape index (κ1) is 13.3. The molecular formula is C9H14N8OS. The molecule has 0 radical (unpaired) electrons. The summed E-state index contributed by atoms with van der Waals surface area (Å²) in [5.41, 5.74) is 0. The van der Waals surface area contributed by atoms with Crippen LogP contribution in [-0.2, 0) is 14.1 Å². The number of carbonyl (C=O) groups excluding carboxylic acids is 1. The van der Waals surface area contributed by atoms with E-state index in [1.165, 1.54) is 16.4 Å². The number of hydrogen-bond donors (Lipinski definition) is 2. The lowest BCUT2D eigenvalue weighted by Gasteiger charge is -2.04. The molecule has 9 nitrogen and oxygen atoms in total. The lowest BCUT2D eigenvalue weighted by atomic mass is 10.7. The zero-order chi connectivity index (χ0) is 13.7. The topological polar surface area (TPSA) is 103 Å². The van der Waals surface area contributed by atoms with Crippen molar-refractivity contribution >= 4 is 23.6 Å². The van der Waals surface area contributed by atoms with Gasteiger partial charge in [-0.2, -0.15) is 0 Å². The first-order valence-electron chi connectivity index (χ1n) is 5.53. The molecule has 19 heavy (non-hydrogen) atoms. The van der Waals surface area contributed by atoms with E-state index in [1.807, 2.05) is 11.6 Å². The van der Waals surface area contributed by atoms with E-state index in [9.17, 15) is 4.79 Å². The Labute approximate surface area is 113 Å². The number of urea groups is 1. The van der Waals surface area contributed by atoms with E-state index in [2.05, 4.69) is 31.1 Å². The highest BCUT2D eigenvalue weighted by atomic mass is 32.2. The van der Waals surface area contributed by atoms with Crippen LogP contribution in [0.2, 0.25) is 0 Å². The van der Waals surface area contributed by atoms with Gasteiger partial charge in [-0.15, -0.1) is 15.3 Å². The van der Waals surface area contributed by atoms with Crippen LogP contribution >= 0.6 is 11.8 Å². The molecule has 2 rings (SSSR count). The number of carbonyl (C=O) groups is 1. The van der Waals surface area contributed by atoms with Crippen LogP contribution in [0, 0.1) is 0 Å². The molecule has 2 heterocycles. The SMILES string of the molecule is Cn1cc(NC(=O)NCCSc2nncn2C)nn1. The van der Waals surface area contributed by atoms with Crippen LogP contribution in [0.25, 0.3) is 0 Å². The second-order valence-corrected chi connectivity index (χ2v) is 4.79. The number of aryl methyl sites for hydroxylation is 2. The van der Waals surface area contributed by atoms with Gasteiger partial charge in [-0.25, -0.2) is 4.79 Å². The third kappa shape index (κ3) is 3.95. The Morgan fingerprint density at radius 2 is 2.26 bits per heavy atom. The van der Waals surface area contributed by atoms with Crippen molar-refractivity contribution < 1.29 is 4.79 Å². The van der Waals surface area contributed by atoms with Crippen molar-refractivity contribution in [1.82, 2.24) is 35.1 Å². The number of thioether (sulfide) groups is 1. The highest BCUT2D eigenvalue weighted by Crippen LogP contribution is 2.11. The van der Waals surface area contributed by atoms with Gasteiger partial charge in [-0.05, 0) is 0 Å². The fourth-order valence-corrected chi connectivity index (χ4v) is 2.02. The molecule has 0 aliphatic carbocycles. The molecule has 102 valence electrons. The van der Waals surface area contributed by atoms with Gasteiger partial charge in [-0.3, -0.25) is 10.00 Å². The summed E-state index contributed by atoms with van der Waals surface area (Å²) in [5.74, 6) is 1.13. The van der Waals surface area contributed by atoms with Crippen LogP contribution in [0.1, 0.15) is 0 Å². The molecule has 2 aromatic heterocycles. The Morgan fingerprint density at radius 3 is 2.89 bits per heavy atom. The number of nitrogens with zero attached hydrogens (tertiary/aromatic N) is 6. The van der Waals surface area contributed by atoms with Gasteiger partial charge >= 0.3 is 6.03 Å². The molecule has 0 bridgehead atoms. The maximum Gasteiger partial charge on any atom is 0.320 e. The number of aromatic nitrogens is 6. The van der Waals surface area contributed by atoms with Gasteiger partial charge in [-0.1, -0.05) is 17.0 Å². The van der Waals surface area contributed by atoms with Gasteiger partial charge in [0.1, 0.15) is 6.33 Å². The molecule has 0 aliphatic heterocycles. The summed E-state index contributed by atoms with van der Waals surface area (Å²) in [6.45, 7) is 0.517. The molecule has 0 saturated carbocycles. The number of anilines is 1. The van der Waals surface area contributed by atoms with Gasteiger partial charge in [0.15, 0.2) is 11.0 Å². The van der Waals surface area contributed by atoms with Crippen molar-refractivity contribution in [3.63, 3.8) is 0 Å². The van der Waals surface area contributed by atoms with E-state index < -0.39 is 0 Å². The molecule has 0 aliphatic rings. The Morgan fingerprint density at radius 1 is 1.42 bits per heavy atom. The average molecular weight is 282 g/mol. The van der Waals surface area contributed by atoms with Gasteiger partial charge in [0.25, 0.3) is 0 Å². The van der Waals surface area contributed by atoms with Gasteiger partial charge in [0, 0.05) is 26.4 Å². The number of nitrogens with one attached hydrogen (secondary N) is 2.